The summed E-state index contributed by atoms with van der Waals surface area (Å²) in [5.74, 6) is 0. The number of likely N-dealkylation sites (N-methyl/N-ethyl adjacent to an activating group) is 1. The third-order valence-electron chi connectivity index (χ3n) is 3.98. The number of nitrogens with zero attached hydrogens (tertiary/aromatic N) is 2. The van der Waals surface area contributed by atoms with Crippen LogP contribution >= 0.6 is 0 Å². The highest BCUT2D eigenvalue weighted by molar-refractivity contribution is 5.76. The topological polar surface area (TPSA) is 70.4 Å². The van der Waals surface area contributed by atoms with Gasteiger partial charge in [-0.25, -0.2) is 0 Å². The van der Waals surface area contributed by atoms with Gasteiger partial charge < -0.3 is 15.5 Å². The monoisotopic (exact) mass is 292 g/mol. The number of para-hydroxylation sites is 1. The summed E-state index contributed by atoms with van der Waals surface area (Å²) in [6.45, 7) is 4.62. The van der Waals surface area contributed by atoms with Gasteiger partial charge >= 0.3 is 5.69 Å². The highest BCUT2D eigenvalue weighted by Gasteiger charge is 2.23. The van der Waals surface area contributed by atoms with Gasteiger partial charge in [-0.15, -0.1) is 0 Å². The smallest absolute Gasteiger partial charge is 0.315 e. The summed E-state index contributed by atoms with van der Waals surface area (Å²) in [4.78, 5) is 13.4. The molecule has 0 aliphatic carbocycles. The zero-order valence-corrected chi connectivity index (χ0v) is 12.8. The van der Waals surface area contributed by atoms with Crippen molar-refractivity contribution < 1.29 is 4.92 Å². The highest BCUT2D eigenvalue weighted by Crippen LogP contribution is 2.33. The minimum Gasteiger partial charge on any atom is -0.379 e. The van der Waals surface area contributed by atoms with Crippen LogP contribution in [-0.2, 0) is 0 Å². The third kappa shape index (κ3) is 3.85. The van der Waals surface area contributed by atoms with Gasteiger partial charge in [-0.1, -0.05) is 13.0 Å². The van der Waals surface area contributed by atoms with Gasteiger partial charge in [-0.3, -0.25) is 10.1 Å². The van der Waals surface area contributed by atoms with Crippen molar-refractivity contribution in [3.8, 4) is 0 Å². The predicted molar refractivity (Wildman–Crippen MR) is 86.0 cm³/mol. The Labute approximate surface area is 125 Å². The van der Waals surface area contributed by atoms with Crippen molar-refractivity contribution in [1.82, 2.24) is 4.90 Å². The van der Waals surface area contributed by atoms with E-state index < -0.39 is 0 Å². The lowest BCUT2D eigenvalue weighted by molar-refractivity contribution is -0.383. The Balaban J connectivity index is 2.12. The molecule has 2 rings (SSSR count). The summed E-state index contributed by atoms with van der Waals surface area (Å²) >= 11 is 0. The van der Waals surface area contributed by atoms with Crippen LogP contribution in [0.4, 0.5) is 17.1 Å². The van der Waals surface area contributed by atoms with E-state index in [2.05, 4.69) is 22.6 Å². The molecule has 0 bridgehead atoms. The van der Waals surface area contributed by atoms with Gasteiger partial charge in [0.2, 0.25) is 0 Å². The van der Waals surface area contributed by atoms with Crippen LogP contribution in [0.25, 0.3) is 0 Å². The first-order valence-corrected chi connectivity index (χ1v) is 7.59. The largest absolute Gasteiger partial charge is 0.379 e. The van der Waals surface area contributed by atoms with Gasteiger partial charge in [0, 0.05) is 19.1 Å². The van der Waals surface area contributed by atoms with Crippen molar-refractivity contribution in [2.24, 2.45) is 0 Å². The normalized spacial score (nSPS) is 18.7. The Morgan fingerprint density at radius 2 is 2.10 bits per heavy atom. The van der Waals surface area contributed by atoms with Gasteiger partial charge in [0.1, 0.15) is 11.4 Å². The Morgan fingerprint density at radius 3 is 2.67 bits per heavy atom. The van der Waals surface area contributed by atoms with E-state index >= 15 is 0 Å². The summed E-state index contributed by atoms with van der Waals surface area (Å²) in [7, 11) is 2.10. The van der Waals surface area contributed by atoms with Gasteiger partial charge in [-0.2, -0.15) is 0 Å². The molecular formula is C15H24N4O2. The molecule has 1 aromatic carbocycles. The second-order valence-corrected chi connectivity index (χ2v) is 5.54. The number of anilines is 2. The van der Waals surface area contributed by atoms with Gasteiger partial charge in [-0.05, 0) is 45.0 Å². The maximum atomic E-state index is 11.4. The van der Waals surface area contributed by atoms with E-state index in [1.165, 1.54) is 6.42 Å². The molecule has 0 saturated carbocycles. The Morgan fingerprint density at radius 1 is 1.38 bits per heavy atom. The number of nitro groups is 1. The molecule has 1 heterocycles. The lowest BCUT2D eigenvalue weighted by atomic mass is 10.2. The second-order valence-electron chi connectivity index (χ2n) is 5.54. The predicted octanol–water partition coefficient (Wildman–Crippen LogP) is 2.92. The number of rotatable bonds is 7. The summed E-state index contributed by atoms with van der Waals surface area (Å²) in [5.41, 5.74) is 1.33. The SMILES string of the molecule is CCCNc1cccc(NCC2CCCN2C)c1[N+](=O)[O-]. The fourth-order valence-electron chi connectivity index (χ4n) is 2.75. The van der Waals surface area contributed by atoms with Gasteiger partial charge in [0.05, 0.1) is 4.92 Å². The molecular weight excluding hydrogens is 268 g/mol. The van der Waals surface area contributed by atoms with Crippen molar-refractivity contribution in [1.29, 1.82) is 0 Å². The van der Waals surface area contributed by atoms with Crippen LogP contribution in [0.15, 0.2) is 18.2 Å². The van der Waals surface area contributed by atoms with Crippen LogP contribution in [0, 0.1) is 10.1 Å². The standard InChI is InChI=1S/C15H24N4O2/c1-3-9-16-13-7-4-8-14(15(13)19(20)21)17-11-12-6-5-10-18(12)2/h4,7-8,12,16-17H,3,5-6,9-11H2,1-2H3. The van der Waals surface area contributed by atoms with E-state index in [-0.39, 0.29) is 10.6 Å². The van der Waals surface area contributed by atoms with E-state index in [9.17, 15) is 10.1 Å². The van der Waals surface area contributed by atoms with Crippen molar-refractivity contribution in [2.45, 2.75) is 32.2 Å². The van der Waals surface area contributed by atoms with Crippen LogP contribution in [0.1, 0.15) is 26.2 Å². The molecule has 1 aromatic rings. The number of nitrogens with one attached hydrogen (secondary N) is 2. The number of benzene rings is 1. The fourth-order valence-corrected chi connectivity index (χ4v) is 2.75. The molecule has 0 spiro atoms. The maximum Gasteiger partial charge on any atom is 0.315 e. The lowest BCUT2D eigenvalue weighted by Crippen LogP contribution is -2.31. The molecule has 6 nitrogen and oxygen atoms in total. The summed E-state index contributed by atoms with van der Waals surface area (Å²) in [6, 6.07) is 5.85. The first kappa shape index (κ1) is 15.6. The van der Waals surface area contributed by atoms with E-state index in [1.54, 1.807) is 12.1 Å². The molecule has 1 atom stereocenters. The Kier molecular flexibility index (Phi) is 5.38. The van der Waals surface area contributed by atoms with Gasteiger partial charge in [0.15, 0.2) is 0 Å². The second kappa shape index (κ2) is 7.26. The molecule has 0 radical (unpaired) electrons. The maximum absolute atomic E-state index is 11.4. The number of hydrogen-bond donors (Lipinski definition) is 2. The molecule has 2 N–H and O–H groups in total. The molecule has 21 heavy (non-hydrogen) atoms. The molecule has 1 saturated heterocycles. The van der Waals surface area contributed by atoms with Crippen molar-refractivity contribution in [3.05, 3.63) is 28.3 Å². The number of likely N-dealkylation sites (tertiary alicyclic amines) is 1. The zero-order valence-electron chi connectivity index (χ0n) is 12.8. The first-order chi connectivity index (χ1) is 10.1. The minimum absolute atomic E-state index is 0.145. The summed E-state index contributed by atoms with van der Waals surface area (Å²) < 4.78 is 0. The third-order valence-corrected chi connectivity index (χ3v) is 3.98. The van der Waals surface area contributed by atoms with Crippen molar-refractivity contribution >= 4 is 17.1 Å². The van der Waals surface area contributed by atoms with E-state index in [1.807, 2.05) is 13.0 Å². The van der Waals surface area contributed by atoms with Crippen LogP contribution in [-0.4, -0.2) is 42.5 Å². The average molecular weight is 292 g/mol. The molecule has 6 heteroatoms. The lowest BCUT2D eigenvalue weighted by Gasteiger charge is -2.20. The molecule has 1 aliphatic heterocycles. The van der Waals surface area contributed by atoms with Crippen molar-refractivity contribution in [2.75, 3.05) is 37.3 Å². The van der Waals surface area contributed by atoms with Crippen LogP contribution in [0.3, 0.4) is 0 Å². The summed E-state index contributed by atoms with van der Waals surface area (Å²) in [5, 5.41) is 17.8. The highest BCUT2D eigenvalue weighted by atomic mass is 16.6. The zero-order chi connectivity index (χ0) is 15.2. The van der Waals surface area contributed by atoms with Crippen molar-refractivity contribution in [3.63, 3.8) is 0 Å². The van der Waals surface area contributed by atoms with E-state index in [0.717, 1.165) is 32.5 Å². The quantitative estimate of drug-likeness (QED) is 0.597. The first-order valence-electron chi connectivity index (χ1n) is 7.59. The molecule has 1 unspecified atom stereocenters. The van der Waals surface area contributed by atoms with Gasteiger partial charge in [0.25, 0.3) is 0 Å². The Hall–Kier alpha value is -1.82. The van der Waals surface area contributed by atoms with Crippen LogP contribution in [0.2, 0.25) is 0 Å². The molecule has 1 fully saturated rings. The van der Waals surface area contributed by atoms with E-state index in [0.29, 0.717) is 17.4 Å². The number of nitro benzene ring substituents is 1. The van der Waals surface area contributed by atoms with Crippen LogP contribution < -0.4 is 10.6 Å². The average Bonchev–Trinajstić information content (AvgIpc) is 2.87. The summed E-state index contributed by atoms with van der Waals surface area (Å²) in [6.07, 6.45) is 3.27. The molecule has 1 aliphatic rings. The van der Waals surface area contributed by atoms with E-state index in [4.69, 9.17) is 0 Å². The van der Waals surface area contributed by atoms with Crippen LogP contribution in [0.5, 0.6) is 0 Å². The Bertz CT molecular complexity index is 493. The molecule has 0 amide bonds. The molecule has 116 valence electrons. The minimum atomic E-state index is -0.307. The molecule has 0 aromatic heterocycles. The number of hydrogen-bond acceptors (Lipinski definition) is 5. The fraction of sp³-hybridized carbons (Fsp3) is 0.600.